The molecule has 2 aromatic heterocycles. The second kappa shape index (κ2) is 5.67. The quantitative estimate of drug-likeness (QED) is 0.800. The predicted octanol–water partition coefficient (Wildman–Crippen LogP) is 2.90. The molecular formula is C13H15ClN6S. The van der Waals surface area contributed by atoms with Crippen molar-refractivity contribution in [3.63, 3.8) is 0 Å². The smallest absolute Gasteiger partial charge is 0.132 e. The van der Waals surface area contributed by atoms with Crippen LogP contribution < -0.4 is 5.32 Å². The van der Waals surface area contributed by atoms with Gasteiger partial charge in [-0.3, -0.25) is 0 Å². The van der Waals surface area contributed by atoms with Crippen molar-refractivity contribution < 1.29 is 0 Å². The van der Waals surface area contributed by atoms with Crippen LogP contribution in [-0.4, -0.2) is 30.3 Å². The lowest BCUT2D eigenvalue weighted by Crippen LogP contribution is -2.19. The number of nitrogens with zero attached hydrogens (tertiary/aromatic N) is 5. The van der Waals surface area contributed by atoms with Crippen LogP contribution in [-0.2, 0) is 0 Å². The first-order valence-corrected chi connectivity index (χ1v) is 7.81. The monoisotopic (exact) mass is 322 g/mol. The van der Waals surface area contributed by atoms with E-state index in [1.165, 1.54) is 0 Å². The largest absolute Gasteiger partial charge is 0.309 e. The zero-order chi connectivity index (χ0) is 15.0. The zero-order valence-electron chi connectivity index (χ0n) is 12.0. The third-order valence-electron chi connectivity index (χ3n) is 3.41. The highest BCUT2D eigenvalue weighted by atomic mass is 35.5. The Morgan fingerprint density at radius 3 is 2.95 bits per heavy atom. The Balaban J connectivity index is 2.16. The van der Waals surface area contributed by atoms with E-state index in [1.807, 2.05) is 19.1 Å². The third kappa shape index (κ3) is 2.41. The molecule has 0 fully saturated rings. The van der Waals surface area contributed by atoms with Crippen LogP contribution in [0.1, 0.15) is 31.3 Å². The van der Waals surface area contributed by atoms with Crippen LogP contribution in [0, 0.1) is 6.92 Å². The van der Waals surface area contributed by atoms with Crippen LogP contribution in [0.25, 0.3) is 16.7 Å². The van der Waals surface area contributed by atoms with Crippen molar-refractivity contribution in [3.05, 3.63) is 28.5 Å². The Labute approximate surface area is 131 Å². The first-order valence-electron chi connectivity index (χ1n) is 6.70. The molecule has 0 saturated carbocycles. The maximum atomic E-state index is 6.35. The van der Waals surface area contributed by atoms with Crippen LogP contribution in [0.15, 0.2) is 12.1 Å². The maximum Gasteiger partial charge on any atom is 0.132 e. The van der Waals surface area contributed by atoms with Gasteiger partial charge in [0.05, 0.1) is 28.5 Å². The summed E-state index contributed by atoms with van der Waals surface area (Å²) in [7, 11) is 0. The molecule has 0 aliphatic carbocycles. The Morgan fingerprint density at radius 2 is 2.19 bits per heavy atom. The highest BCUT2D eigenvalue weighted by Crippen LogP contribution is 2.29. The van der Waals surface area contributed by atoms with E-state index >= 15 is 0 Å². The minimum Gasteiger partial charge on any atom is -0.309 e. The Hall–Kier alpha value is -1.57. The van der Waals surface area contributed by atoms with Crippen LogP contribution in [0.4, 0.5) is 0 Å². The van der Waals surface area contributed by atoms with Gasteiger partial charge >= 0.3 is 0 Å². The Kier molecular flexibility index (Phi) is 3.88. The van der Waals surface area contributed by atoms with Gasteiger partial charge in [-0.05, 0) is 32.5 Å². The van der Waals surface area contributed by atoms with Crippen LogP contribution >= 0.6 is 23.3 Å². The SMILES string of the molecule is CCNC(C)c1nnn(-c2c(Cl)ccc3nsnc23)c1C. The van der Waals surface area contributed by atoms with Crippen LogP contribution in [0.5, 0.6) is 0 Å². The van der Waals surface area contributed by atoms with Crippen molar-refractivity contribution in [1.29, 1.82) is 0 Å². The van der Waals surface area contributed by atoms with Crippen molar-refractivity contribution in [2.75, 3.05) is 6.54 Å². The molecule has 1 aromatic carbocycles. The molecule has 3 rings (SSSR count). The summed E-state index contributed by atoms with van der Waals surface area (Å²) >= 11 is 7.51. The van der Waals surface area contributed by atoms with Gasteiger partial charge in [0, 0.05) is 0 Å². The molecule has 0 aliphatic rings. The first-order chi connectivity index (χ1) is 10.1. The summed E-state index contributed by atoms with van der Waals surface area (Å²) in [5.41, 5.74) is 4.17. The van der Waals surface area contributed by atoms with Crippen molar-refractivity contribution >= 4 is 34.4 Å². The van der Waals surface area contributed by atoms with E-state index in [2.05, 4.69) is 38.2 Å². The van der Waals surface area contributed by atoms with Gasteiger partial charge in [-0.1, -0.05) is 23.7 Å². The van der Waals surface area contributed by atoms with Crippen LogP contribution in [0.3, 0.4) is 0 Å². The van der Waals surface area contributed by atoms with Gasteiger partial charge in [-0.25, -0.2) is 4.68 Å². The van der Waals surface area contributed by atoms with Gasteiger partial charge in [0.25, 0.3) is 0 Å². The van der Waals surface area contributed by atoms with E-state index in [1.54, 1.807) is 4.68 Å². The van der Waals surface area contributed by atoms with E-state index in [4.69, 9.17) is 11.6 Å². The highest BCUT2D eigenvalue weighted by molar-refractivity contribution is 7.00. The lowest BCUT2D eigenvalue weighted by molar-refractivity contribution is 0.579. The summed E-state index contributed by atoms with van der Waals surface area (Å²) in [4.78, 5) is 0. The minimum atomic E-state index is 0.135. The predicted molar refractivity (Wildman–Crippen MR) is 84.2 cm³/mol. The maximum absolute atomic E-state index is 6.35. The third-order valence-corrected chi connectivity index (χ3v) is 4.26. The molecule has 6 nitrogen and oxygen atoms in total. The lowest BCUT2D eigenvalue weighted by Gasteiger charge is -2.11. The molecule has 3 aromatic rings. The van der Waals surface area contributed by atoms with Gasteiger partial charge < -0.3 is 5.32 Å². The summed E-state index contributed by atoms with van der Waals surface area (Å²) in [5, 5.41) is 12.5. The molecule has 1 atom stereocenters. The minimum absolute atomic E-state index is 0.135. The fourth-order valence-corrected chi connectivity index (χ4v) is 3.14. The van der Waals surface area contributed by atoms with Gasteiger partial charge in [0.15, 0.2) is 0 Å². The average Bonchev–Trinajstić information content (AvgIpc) is 3.06. The molecule has 0 spiro atoms. The van der Waals surface area contributed by atoms with E-state index < -0.39 is 0 Å². The van der Waals surface area contributed by atoms with Crippen molar-refractivity contribution in [3.8, 4) is 5.69 Å². The fourth-order valence-electron chi connectivity index (χ4n) is 2.37. The molecule has 0 bridgehead atoms. The van der Waals surface area contributed by atoms with Gasteiger partial charge in [0.1, 0.15) is 22.4 Å². The number of halogens is 1. The Morgan fingerprint density at radius 1 is 1.38 bits per heavy atom. The topological polar surface area (TPSA) is 68.5 Å². The highest BCUT2D eigenvalue weighted by Gasteiger charge is 2.19. The second-order valence-electron chi connectivity index (χ2n) is 4.78. The van der Waals surface area contributed by atoms with Crippen molar-refractivity contribution in [2.24, 2.45) is 0 Å². The van der Waals surface area contributed by atoms with Gasteiger partial charge in [-0.15, -0.1) is 5.10 Å². The molecule has 2 heterocycles. The molecule has 1 N–H and O–H groups in total. The van der Waals surface area contributed by atoms with Crippen molar-refractivity contribution in [1.82, 2.24) is 29.1 Å². The number of aromatic nitrogens is 5. The summed E-state index contributed by atoms with van der Waals surface area (Å²) in [5.74, 6) is 0. The van der Waals surface area contributed by atoms with E-state index in [0.717, 1.165) is 46.4 Å². The number of hydrogen-bond donors (Lipinski definition) is 1. The number of benzene rings is 1. The summed E-state index contributed by atoms with van der Waals surface area (Å²) in [6.45, 7) is 6.99. The standard InChI is InChI=1S/C13H15ClN6S/c1-4-15-7(2)11-8(3)20(19-16-11)13-9(14)5-6-10-12(13)18-21-17-10/h5-7,15H,4H2,1-3H3. The average molecular weight is 323 g/mol. The lowest BCUT2D eigenvalue weighted by atomic mass is 10.2. The number of hydrogen-bond acceptors (Lipinski definition) is 6. The summed E-state index contributed by atoms with van der Waals surface area (Å²) in [6, 6.07) is 3.81. The second-order valence-corrected chi connectivity index (χ2v) is 5.71. The zero-order valence-corrected chi connectivity index (χ0v) is 13.5. The number of nitrogens with one attached hydrogen (secondary N) is 1. The number of fused-ring (bicyclic) bond motifs is 1. The summed E-state index contributed by atoms with van der Waals surface area (Å²) < 4.78 is 10.3. The van der Waals surface area contributed by atoms with Gasteiger partial charge in [0.2, 0.25) is 0 Å². The van der Waals surface area contributed by atoms with Gasteiger partial charge in [-0.2, -0.15) is 8.75 Å². The molecule has 8 heteroatoms. The fraction of sp³-hybridized carbons (Fsp3) is 0.385. The van der Waals surface area contributed by atoms with E-state index in [0.29, 0.717) is 5.02 Å². The molecule has 0 amide bonds. The molecule has 0 aliphatic heterocycles. The molecule has 0 saturated heterocycles. The summed E-state index contributed by atoms with van der Waals surface area (Å²) in [6.07, 6.45) is 0. The first kappa shape index (κ1) is 14.4. The Bertz CT molecular complexity index is 780. The number of rotatable bonds is 4. The van der Waals surface area contributed by atoms with E-state index in [-0.39, 0.29) is 6.04 Å². The molecule has 21 heavy (non-hydrogen) atoms. The molecule has 1 unspecified atom stereocenters. The molecule has 110 valence electrons. The molecular weight excluding hydrogens is 308 g/mol. The van der Waals surface area contributed by atoms with Crippen molar-refractivity contribution in [2.45, 2.75) is 26.8 Å². The normalized spacial score (nSPS) is 13.0. The van der Waals surface area contributed by atoms with Crippen LogP contribution in [0.2, 0.25) is 5.02 Å². The molecule has 0 radical (unpaired) electrons. The van der Waals surface area contributed by atoms with E-state index in [9.17, 15) is 0 Å².